The molecule has 3 rings (SSSR count). The molecule has 0 heterocycles. The Morgan fingerprint density at radius 2 is 1.62 bits per heavy atom. The second-order valence-corrected chi connectivity index (χ2v) is 8.90. The molecule has 39 heavy (non-hydrogen) atoms. The van der Waals surface area contributed by atoms with Crippen LogP contribution in [0, 0.1) is 6.92 Å². The van der Waals surface area contributed by atoms with E-state index in [4.69, 9.17) is 20.9 Å². The maximum absolute atomic E-state index is 14.6. The number of aryl methyl sites for hydroxylation is 1. The number of nitrogen functional groups attached to an aromatic ring is 2. The quantitative estimate of drug-likeness (QED) is 0.116. The molecule has 207 valence electrons. The lowest BCUT2D eigenvalue weighted by Gasteiger charge is -2.18. The third-order valence-corrected chi connectivity index (χ3v) is 5.73. The summed E-state index contributed by atoms with van der Waals surface area (Å²) < 4.78 is 76.0. The fourth-order valence-corrected chi connectivity index (χ4v) is 3.66. The molecule has 0 bridgehead atoms. The standard InChI is InChI=1S/C29H28F5N2O3/c1-19(25-14-11-23(35)17-26(25)36)18-38-27(37)15-8-21-6-12-24(13-7-21)39-29(33,34)22-9-4-20(5-10-22)3-2-16-28(30,31)32/h4-15,17,19H,1-3,16,18,35-36H2/b15-8+. The molecule has 1 unspecified atom stereocenters. The summed E-state index contributed by atoms with van der Waals surface area (Å²) in [5.74, 6) is -1.13. The van der Waals surface area contributed by atoms with Crippen LogP contribution in [0.15, 0.2) is 72.8 Å². The lowest BCUT2D eigenvalue weighted by molar-refractivity contribution is -0.185. The van der Waals surface area contributed by atoms with E-state index in [-0.39, 0.29) is 25.2 Å². The van der Waals surface area contributed by atoms with Gasteiger partial charge >= 0.3 is 18.3 Å². The monoisotopic (exact) mass is 547 g/mol. The topological polar surface area (TPSA) is 87.6 Å². The maximum Gasteiger partial charge on any atom is 0.426 e. The first-order valence-electron chi connectivity index (χ1n) is 12.0. The van der Waals surface area contributed by atoms with Crippen molar-refractivity contribution in [2.45, 2.75) is 37.5 Å². The van der Waals surface area contributed by atoms with Gasteiger partial charge in [0.25, 0.3) is 0 Å². The van der Waals surface area contributed by atoms with Crippen LogP contribution in [-0.2, 0) is 22.1 Å². The molecule has 0 saturated carbocycles. The molecule has 0 fully saturated rings. The molecule has 0 spiro atoms. The first-order valence-corrected chi connectivity index (χ1v) is 12.0. The van der Waals surface area contributed by atoms with E-state index in [0.717, 1.165) is 12.1 Å². The third kappa shape index (κ3) is 9.31. The number of rotatable bonds is 11. The van der Waals surface area contributed by atoms with Crippen LogP contribution in [0.25, 0.3) is 6.08 Å². The van der Waals surface area contributed by atoms with Crippen molar-refractivity contribution in [1.82, 2.24) is 0 Å². The summed E-state index contributed by atoms with van der Waals surface area (Å²) in [6, 6.07) is 15.6. The van der Waals surface area contributed by atoms with Gasteiger partial charge in [0.2, 0.25) is 0 Å². The number of hydrogen-bond acceptors (Lipinski definition) is 5. The minimum Gasteiger partial charge on any atom is -0.462 e. The van der Waals surface area contributed by atoms with Crippen LogP contribution in [0.4, 0.5) is 33.3 Å². The summed E-state index contributed by atoms with van der Waals surface area (Å²) in [5, 5.41) is 0. The molecule has 0 amide bonds. The van der Waals surface area contributed by atoms with E-state index < -0.39 is 36.2 Å². The van der Waals surface area contributed by atoms with Crippen molar-refractivity contribution < 1.29 is 36.2 Å². The second-order valence-electron chi connectivity index (χ2n) is 8.90. The van der Waals surface area contributed by atoms with E-state index in [1.807, 2.05) is 0 Å². The van der Waals surface area contributed by atoms with E-state index in [9.17, 15) is 26.7 Å². The minimum atomic E-state index is -4.25. The van der Waals surface area contributed by atoms with Crippen LogP contribution in [0.1, 0.15) is 41.0 Å². The largest absolute Gasteiger partial charge is 0.462 e. The highest BCUT2D eigenvalue weighted by Crippen LogP contribution is 2.32. The van der Waals surface area contributed by atoms with Gasteiger partial charge in [0.15, 0.2) is 0 Å². The summed E-state index contributed by atoms with van der Waals surface area (Å²) in [5.41, 5.74) is 13.9. The van der Waals surface area contributed by atoms with Gasteiger partial charge in [-0.05, 0) is 78.9 Å². The number of carbonyl (C=O) groups excluding carboxylic acids is 1. The predicted molar refractivity (Wildman–Crippen MR) is 140 cm³/mol. The van der Waals surface area contributed by atoms with Gasteiger partial charge in [-0.3, -0.25) is 0 Å². The van der Waals surface area contributed by atoms with Gasteiger partial charge in [-0.15, -0.1) is 0 Å². The number of nitrogens with two attached hydrogens (primary N) is 2. The van der Waals surface area contributed by atoms with Gasteiger partial charge in [-0.1, -0.05) is 30.3 Å². The second kappa shape index (κ2) is 12.6. The number of esters is 1. The highest BCUT2D eigenvalue weighted by molar-refractivity contribution is 5.87. The van der Waals surface area contributed by atoms with Gasteiger partial charge in [0.05, 0.1) is 12.2 Å². The van der Waals surface area contributed by atoms with Crippen LogP contribution in [0.2, 0.25) is 0 Å². The molecule has 10 heteroatoms. The van der Waals surface area contributed by atoms with E-state index in [2.05, 4.69) is 6.92 Å². The van der Waals surface area contributed by atoms with Gasteiger partial charge in [0, 0.05) is 29.8 Å². The Kier molecular flexibility index (Phi) is 9.56. The van der Waals surface area contributed by atoms with Crippen molar-refractivity contribution in [2.75, 3.05) is 18.1 Å². The van der Waals surface area contributed by atoms with Gasteiger partial charge in [-0.2, -0.15) is 22.0 Å². The van der Waals surface area contributed by atoms with Crippen molar-refractivity contribution in [1.29, 1.82) is 0 Å². The third-order valence-electron chi connectivity index (χ3n) is 5.73. The molecule has 1 atom stereocenters. The number of anilines is 2. The minimum absolute atomic E-state index is 0.00626. The summed E-state index contributed by atoms with van der Waals surface area (Å²) in [7, 11) is 0. The van der Waals surface area contributed by atoms with Crippen molar-refractivity contribution >= 4 is 23.4 Å². The van der Waals surface area contributed by atoms with E-state index in [1.165, 1.54) is 48.6 Å². The SMILES string of the molecule is [CH2]C(COC(=O)/C=C/c1ccc(OC(F)(F)c2ccc(CCCC(F)(F)F)cc2)cc1)c1ccc(N)cc1N. The zero-order valence-corrected chi connectivity index (χ0v) is 20.9. The van der Waals surface area contributed by atoms with Crippen LogP contribution in [-0.4, -0.2) is 18.8 Å². The molecular formula is C29H28F5N2O3. The molecule has 0 aliphatic heterocycles. The predicted octanol–water partition coefficient (Wildman–Crippen LogP) is 7.04. The van der Waals surface area contributed by atoms with Crippen LogP contribution in [0.3, 0.4) is 0 Å². The average Bonchev–Trinajstić information content (AvgIpc) is 2.86. The Morgan fingerprint density at radius 3 is 2.23 bits per heavy atom. The Bertz CT molecular complexity index is 1270. The normalized spacial score (nSPS) is 12.9. The van der Waals surface area contributed by atoms with E-state index >= 15 is 0 Å². The molecule has 5 nitrogen and oxygen atoms in total. The molecule has 0 aliphatic rings. The number of benzene rings is 3. The molecule has 3 aromatic rings. The summed E-state index contributed by atoms with van der Waals surface area (Å²) in [4.78, 5) is 12.1. The molecule has 4 N–H and O–H groups in total. The van der Waals surface area contributed by atoms with Crippen LogP contribution >= 0.6 is 0 Å². The number of halogens is 5. The Labute approximate surface area is 223 Å². The number of hydrogen-bond donors (Lipinski definition) is 2. The smallest absolute Gasteiger partial charge is 0.426 e. The lowest BCUT2D eigenvalue weighted by Crippen LogP contribution is -2.21. The first-order chi connectivity index (χ1) is 18.3. The van der Waals surface area contributed by atoms with Crippen molar-refractivity contribution in [3.8, 4) is 5.75 Å². The molecule has 1 radical (unpaired) electrons. The molecular weight excluding hydrogens is 519 g/mol. The Hall–Kier alpha value is -4.08. The summed E-state index contributed by atoms with van der Waals surface area (Å²) >= 11 is 0. The van der Waals surface area contributed by atoms with Crippen LogP contribution in [0.5, 0.6) is 5.75 Å². The van der Waals surface area contributed by atoms with Gasteiger partial charge < -0.3 is 20.9 Å². The molecule has 0 aliphatic carbocycles. The van der Waals surface area contributed by atoms with Crippen LogP contribution < -0.4 is 16.2 Å². The Balaban J connectivity index is 1.50. The summed E-state index contributed by atoms with van der Waals surface area (Å²) in [6.07, 6.45) is -6.19. The lowest BCUT2D eigenvalue weighted by atomic mass is 10.00. The van der Waals surface area contributed by atoms with Crippen molar-refractivity contribution in [3.05, 3.63) is 102 Å². The zero-order valence-electron chi connectivity index (χ0n) is 20.9. The van der Waals surface area contributed by atoms with Crippen molar-refractivity contribution in [3.63, 3.8) is 0 Å². The molecule has 0 saturated heterocycles. The highest BCUT2D eigenvalue weighted by Gasteiger charge is 2.34. The number of ether oxygens (including phenoxy) is 2. The van der Waals surface area contributed by atoms with Crippen molar-refractivity contribution in [2.24, 2.45) is 0 Å². The molecule has 0 aromatic heterocycles. The fourth-order valence-electron chi connectivity index (χ4n) is 3.66. The highest BCUT2D eigenvalue weighted by atomic mass is 19.4. The average molecular weight is 548 g/mol. The maximum atomic E-state index is 14.6. The van der Waals surface area contributed by atoms with Gasteiger partial charge in [-0.25, -0.2) is 4.79 Å². The van der Waals surface area contributed by atoms with E-state index in [0.29, 0.717) is 28.1 Å². The summed E-state index contributed by atoms with van der Waals surface area (Å²) in [6.45, 7) is 3.93. The first kappa shape index (κ1) is 29.5. The zero-order chi connectivity index (χ0) is 28.6. The van der Waals surface area contributed by atoms with E-state index in [1.54, 1.807) is 18.2 Å². The Morgan fingerprint density at radius 1 is 0.949 bits per heavy atom. The van der Waals surface area contributed by atoms with Gasteiger partial charge in [0.1, 0.15) is 5.75 Å². The number of carbonyl (C=O) groups is 1. The fraction of sp³-hybridized carbons (Fsp3) is 0.241. The molecule has 3 aromatic carbocycles. The number of alkyl halides is 5.